The van der Waals surface area contributed by atoms with Crippen molar-refractivity contribution in [2.24, 2.45) is 5.92 Å². The Morgan fingerprint density at radius 3 is 2.75 bits per heavy atom. The van der Waals surface area contributed by atoms with Gasteiger partial charge in [-0.3, -0.25) is 0 Å². The second-order valence-corrected chi connectivity index (χ2v) is 5.20. The maximum atomic E-state index is 8.97. The number of halogens is 1. The summed E-state index contributed by atoms with van der Waals surface area (Å²) >= 11 is 3.42. The van der Waals surface area contributed by atoms with Crippen LogP contribution in [0.4, 0.5) is 0 Å². The van der Waals surface area contributed by atoms with Crippen LogP contribution < -0.4 is 5.32 Å². The summed E-state index contributed by atoms with van der Waals surface area (Å²) in [6, 6.07) is 11.1. The molecule has 0 bridgehead atoms. The summed E-state index contributed by atoms with van der Waals surface area (Å²) in [5, 5.41) is 12.5. The van der Waals surface area contributed by atoms with Gasteiger partial charge in [0.15, 0.2) is 0 Å². The minimum absolute atomic E-state index is 0.204. The largest absolute Gasteiger partial charge is 0.309 e. The molecule has 0 amide bonds. The van der Waals surface area contributed by atoms with Gasteiger partial charge in [-0.1, -0.05) is 34.5 Å². The van der Waals surface area contributed by atoms with Crippen molar-refractivity contribution in [1.82, 2.24) is 5.32 Å². The number of benzene rings is 1. The van der Waals surface area contributed by atoms with Crippen LogP contribution in [-0.2, 0) is 6.54 Å². The lowest BCUT2D eigenvalue weighted by Crippen LogP contribution is -2.31. The van der Waals surface area contributed by atoms with E-state index in [1.54, 1.807) is 0 Å². The molecule has 1 aromatic rings. The molecule has 1 N–H and O–H groups in total. The molecule has 1 aromatic carbocycles. The predicted octanol–water partition coefficient (Wildman–Crippen LogP) is 3.23. The Morgan fingerprint density at radius 1 is 1.31 bits per heavy atom. The molecule has 1 saturated carbocycles. The first-order valence-electron chi connectivity index (χ1n) is 5.67. The van der Waals surface area contributed by atoms with Gasteiger partial charge >= 0.3 is 0 Å². The van der Waals surface area contributed by atoms with Gasteiger partial charge in [-0.2, -0.15) is 5.26 Å². The van der Waals surface area contributed by atoms with Crippen LogP contribution in [0.15, 0.2) is 28.7 Å². The fourth-order valence-electron chi connectivity index (χ4n) is 2.21. The smallest absolute Gasteiger partial charge is 0.0672 e. The normalized spacial score (nSPS) is 24.2. The predicted molar refractivity (Wildman–Crippen MR) is 67.7 cm³/mol. The second kappa shape index (κ2) is 5.47. The van der Waals surface area contributed by atoms with E-state index in [1.807, 2.05) is 12.1 Å². The summed E-state index contributed by atoms with van der Waals surface area (Å²) in [4.78, 5) is 0. The summed E-state index contributed by atoms with van der Waals surface area (Å²) in [5.74, 6) is 0.204. The van der Waals surface area contributed by atoms with Crippen LogP contribution in [-0.4, -0.2) is 6.04 Å². The van der Waals surface area contributed by atoms with Gasteiger partial charge < -0.3 is 5.32 Å². The Bertz CT molecular complexity index is 380. The highest BCUT2D eigenvalue weighted by atomic mass is 79.9. The Hall–Kier alpha value is -0.850. The molecule has 2 atom stereocenters. The number of nitriles is 1. The molecule has 0 saturated heterocycles. The van der Waals surface area contributed by atoms with Crippen LogP contribution in [0.3, 0.4) is 0 Å². The molecule has 1 aliphatic carbocycles. The van der Waals surface area contributed by atoms with Crippen LogP contribution in [0.2, 0.25) is 0 Å². The lowest BCUT2D eigenvalue weighted by atomic mass is 10.1. The van der Waals surface area contributed by atoms with E-state index in [2.05, 4.69) is 39.4 Å². The minimum Gasteiger partial charge on any atom is -0.309 e. The SMILES string of the molecule is N#CC1CCCC1NCc1ccc(Br)cc1. The monoisotopic (exact) mass is 278 g/mol. The molecule has 84 valence electrons. The summed E-state index contributed by atoms with van der Waals surface area (Å²) in [6.45, 7) is 0.857. The molecular formula is C13H15BrN2. The van der Waals surface area contributed by atoms with Gasteiger partial charge in [0.05, 0.1) is 12.0 Å². The quantitative estimate of drug-likeness (QED) is 0.922. The van der Waals surface area contributed by atoms with Crippen LogP contribution >= 0.6 is 15.9 Å². The van der Waals surface area contributed by atoms with E-state index < -0.39 is 0 Å². The van der Waals surface area contributed by atoms with Crippen molar-refractivity contribution in [3.05, 3.63) is 34.3 Å². The highest BCUT2D eigenvalue weighted by molar-refractivity contribution is 9.10. The standard InChI is InChI=1S/C13H15BrN2/c14-12-6-4-10(5-7-12)9-16-13-3-1-2-11(13)8-15/h4-7,11,13,16H,1-3,9H2. The van der Waals surface area contributed by atoms with Gasteiger partial charge in [0, 0.05) is 17.1 Å². The first-order valence-corrected chi connectivity index (χ1v) is 6.46. The fourth-order valence-corrected chi connectivity index (χ4v) is 2.47. The Labute approximate surface area is 105 Å². The summed E-state index contributed by atoms with van der Waals surface area (Å²) < 4.78 is 1.10. The van der Waals surface area contributed by atoms with E-state index in [1.165, 1.54) is 12.0 Å². The summed E-state index contributed by atoms with van der Waals surface area (Å²) in [6.07, 6.45) is 3.36. The number of hydrogen-bond acceptors (Lipinski definition) is 2. The fraction of sp³-hybridized carbons (Fsp3) is 0.462. The zero-order chi connectivity index (χ0) is 11.4. The van der Waals surface area contributed by atoms with Crippen molar-refractivity contribution in [3.63, 3.8) is 0 Å². The van der Waals surface area contributed by atoms with Crippen molar-refractivity contribution in [2.75, 3.05) is 0 Å². The molecule has 2 rings (SSSR count). The molecule has 1 fully saturated rings. The highest BCUT2D eigenvalue weighted by Gasteiger charge is 2.26. The van der Waals surface area contributed by atoms with Gasteiger partial charge in [0.25, 0.3) is 0 Å². The third-order valence-corrected chi connectivity index (χ3v) is 3.69. The van der Waals surface area contributed by atoms with Crippen LogP contribution in [0.1, 0.15) is 24.8 Å². The van der Waals surface area contributed by atoms with E-state index in [9.17, 15) is 0 Å². The molecular weight excluding hydrogens is 264 g/mol. The molecule has 16 heavy (non-hydrogen) atoms. The van der Waals surface area contributed by atoms with Gasteiger partial charge in [0.2, 0.25) is 0 Å². The molecule has 0 aliphatic heterocycles. The molecule has 1 aliphatic rings. The molecule has 0 heterocycles. The summed E-state index contributed by atoms with van der Waals surface area (Å²) in [5.41, 5.74) is 1.27. The van der Waals surface area contributed by atoms with Gasteiger partial charge in [-0.15, -0.1) is 0 Å². The maximum Gasteiger partial charge on any atom is 0.0672 e. The summed E-state index contributed by atoms with van der Waals surface area (Å²) in [7, 11) is 0. The van der Waals surface area contributed by atoms with Crippen LogP contribution in [0, 0.1) is 17.2 Å². The lowest BCUT2D eigenvalue weighted by molar-refractivity contribution is 0.464. The van der Waals surface area contributed by atoms with Gasteiger partial charge in [-0.05, 0) is 30.5 Å². The average molecular weight is 279 g/mol. The van der Waals surface area contributed by atoms with Crippen molar-refractivity contribution in [1.29, 1.82) is 5.26 Å². The second-order valence-electron chi connectivity index (χ2n) is 4.28. The number of rotatable bonds is 3. The van der Waals surface area contributed by atoms with Gasteiger partial charge in [-0.25, -0.2) is 0 Å². The number of nitrogens with one attached hydrogen (secondary N) is 1. The van der Waals surface area contributed by atoms with E-state index in [4.69, 9.17) is 5.26 Å². The third kappa shape index (κ3) is 2.84. The Balaban J connectivity index is 1.88. The third-order valence-electron chi connectivity index (χ3n) is 3.16. The molecule has 0 radical (unpaired) electrons. The molecule has 3 heteroatoms. The minimum atomic E-state index is 0.204. The molecule has 0 spiro atoms. The molecule has 2 nitrogen and oxygen atoms in total. The van der Waals surface area contributed by atoms with Gasteiger partial charge in [0.1, 0.15) is 0 Å². The Morgan fingerprint density at radius 2 is 2.06 bits per heavy atom. The zero-order valence-electron chi connectivity index (χ0n) is 9.12. The van der Waals surface area contributed by atoms with Crippen LogP contribution in [0.25, 0.3) is 0 Å². The van der Waals surface area contributed by atoms with Crippen molar-refractivity contribution >= 4 is 15.9 Å². The van der Waals surface area contributed by atoms with E-state index in [0.717, 1.165) is 23.9 Å². The highest BCUT2D eigenvalue weighted by Crippen LogP contribution is 2.25. The number of nitrogens with zero attached hydrogens (tertiary/aromatic N) is 1. The maximum absolute atomic E-state index is 8.97. The number of hydrogen-bond donors (Lipinski definition) is 1. The average Bonchev–Trinajstić information content (AvgIpc) is 2.76. The molecule has 2 unspecified atom stereocenters. The lowest BCUT2D eigenvalue weighted by Gasteiger charge is -2.15. The first-order chi connectivity index (χ1) is 7.79. The van der Waals surface area contributed by atoms with E-state index in [-0.39, 0.29) is 5.92 Å². The van der Waals surface area contributed by atoms with E-state index in [0.29, 0.717) is 6.04 Å². The zero-order valence-corrected chi connectivity index (χ0v) is 10.7. The molecule has 0 aromatic heterocycles. The van der Waals surface area contributed by atoms with E-state index >= 15 is 0 Å². The van der Waals surface area contributed by atoms with Crippen molar-refractivity contribution in [2.45, 2.75) is 31.8 Å². The van der Waals surface area contributed by atoms with Crippen LogP contribution in [0.5, 0.6) is 0 Å². The van der Waals surface area contributed by atoms with Crippen molar-refractivity contribution < 1.29 is 0 Å². The van der Waals surface area contributed by atoms with Crippen molar-refractivity contribution in [3.8, 4) is 6.07 Å². The first kappa shape index (κ1) is 11.6. The Kier molecular flexibility index (Phi) is 3.98. The topological polar surface area (TPSA) is 35.8 Å².